The number of hydrogen-bond donors (Lipinski definition) is 2. The molecule has 0 radical (unpaired) electrons. The molecule has 1 saturated heterocycles. The van der Waals surface area contributed by atoms with E-state index in [1.807, 2.05) is 6.07 Å². The van der Waals surface area contributed by atoms with Gasteiger partial charge in [-0.2, -0.15) is 18.4 Å². The summed E-state index contributed by atoms with van der Waals surface area (Å²) in [5.41, 5.74) is -2.42. The second-order valence-corrected chi connectivity index (χ2v) is 10.0. The zero-order valence-electron chi connectivity index (χ0n) is 18.4. The van der Waals surface area contributed by atoms with Crippen LogP contribution in [0.4, 0.5) is 23.2 Å². The summed E-state index contributed by atoms with van der Waals surface area (Å²) in [6.07, 6.45) is -2.62. The quantitative estimate of drug-likeness (QED) is 0.585. The summed E-state index contributed by atoms with van der Waals surface area (Å²) in [5.74, 6) is -0.767. The lowest BCUT2D eigenvalue weighted by atomic mass is 9.57. The first-order chi connectivity index (χ1) is 16.0. The third kappa shape index (κ3) is 4.73. The fourth-order valence-corrected chi connectivity index (χ4v) is 5.63. The number of rotatable bonds is 5. The molecular weight excluding hydrogens is 476 g/mol. The van der Waals surface area contributed by atoms with E-state index in [0.29, 0.717) is 38.5 Å². The Morgan fingerprint density at radius 2 is 1.82 bits per heavy atom. The Hall–Kier alpha value is -2.38. The van der Waals surface area contributed by atoms with Gasteiger partial charge in [-0.15, -0.1) is 0 Å². The van der Waals surface area contributed by atoms with Gasteiger partial charge in [0, 0.05) is 22.4 Å². The maximum atomic E-state index is 13.6. The second kappa shape index (κ2) is 9.00. The summed E-state index contributed by atoms with van der Waals surface area (Å²) < 4.78 is 53.8. The molecule has 3 aliphatic carbocycles. The van der Waals surface area contributed by atoms with E-state index in [0.717, 1.165) is 12.1 Å². The summed E-state index contributed by atoms with van der Waals surface area (Å²) in [6.45, 7) is -0.108. The lowest BCUT2D eigenvalue weighted by Gasteiger charge is -2.53. The normalized spacial score (nSPS) is 30.8. The van der Waals surface area contributed by atoms with Crippen LogP contribution in [0.5, 0.6) is 0 Å². The highest BCUT2D eigenvalue weighted by Crippen LogP contribution is 2.53. The minimum absolute atomic E-state index is 0.0225. The average molecular weight is 501 g/mol. The monoisotopic (exact) mass is 500 g/mol. The van der Waals surface area contributed by atoms with E-state index in [4.69, 9.17) is 16.9 Å². The number of nitrogens with zero attached hydrogens (tertiary/aromatic N) is 2. The molecule has 2 atom stereocenters. The first-order valence-corrected chi connectivity index (χ1v) is 11.6. The number of carbonyl (C=O) groups excluding carboxylic acids is 2. The number of likely N-dealkylation sites (tertiary alicyclic amines) is 1. The molecule has 0 spiro atoms. The molecule has 184 valence electrons. The molecule has 0 aromatic heterocycles. The van der Waals surface area contributed by atoms with Gasteiger partial charge in [0.05, 0.1) is 30.4 Å². The highest BCUT2D eigenvalue weighted by Gasteiger charge is 2.52. The van der Waals surface area contributed by atoms with Gasteiger partial charge in [0.1, 0.15) is 12.2 Å². The van der Waals surface area contributed by atoms with E-state index in [-0.39, 0.29) is 41.7 Å². The molecule has 4 aliphatic rings. The first kappa shape index (κ1) is 24.7. The van der Waals surface area contributed by atoms with E-state index in [1.165, 1.54) is 11.0 Å². The average Bonchev–Trinajstić information content (AvgIpc) is 3.20. The third-order valence-corrected chi connectivity index (χ3v) is 7.83. The van der Waals surface area contributed by atoms with Gasteiger partial charge in [-0.1, -0.05) is 11.6 Å². The standard InChI is InChI=1S/C23H25ClF4N4O2/c24-14-1-2-18(17(9-14)23(26,27)28)31-20(34)21-3-6-22(7-4-21,8-5-21)30-12-19(33)32-13-15(25)10-16(32)11-29/h1-2,9,15-16,30H,3-8,10,12-13H2,(H,31,34)/t15-,16-,21?,22?/m0/s1. The van der Waals surface area contributed by atoms with Crippen LogP contribution in [0.2, 0.25) is 5.02 Å². The van der Waals surface area contributed by atoms with Crippen molar-refractivity contribution < 1.29 is 27.2 Å². The number of halogens is 5. The summed E-state index contributed by atoms with van der Waals surface area (Å²) in [6, 6.07) is 4.47. The highest BCUT2D eigenvalue weighted by molar-refractivity contribution is 6.30. The van der Waals surface area contributed by atoms with Crippen molar-refractivity contribution in [2.24, 2.45) is 5.41 Å². The van der Waals surface area contributed by atoms with E-state index < -0.39 is 35.3 Å². The van der Waals surface area contributed by atoms with Gasteiger partial charge >= 0.3 is 6.18 Å². The van der Waals surface area contributed by atoms with Crippen LogP contribution >= 0.6 is 11.6 Å². The lowest BCUT2D eigenvalue weighted by Crippen LogP contribution is -2.59. The van der Waals surface area contributed by atoms with Crippen LogP contribution in [0.3, 0.4) is 0 Å². The Morgan fingerprint density at radius 1 is 1.18 bits per heavy atom. The van der Waals surface area contributed by atoms with Crippen LogP contribution in [0.15, 0.2) is 18.2 Å². The summed E-state index contributed by atoms with van der Waals surface area (Å²) in [5, 5.41) is 14.8. The number of amides is 2. The second-order valence-electron chi connectivity index (χ2n) is 9.58. The molecule has 0 unspecified atom stereocenters. The molecule has 1 aromatic rings. The van der Waals surface area contributed by atoms with Crippen molar-refractivity contribution in [3.05, 3.63) is 28.8 Å². The van der Waals surface area contributed by atoms with Gasteiger partial charge in [-0.25, -0.2) is 4.39 Å². The maximum absolute atomic E-state index is 13.6. The Morgan fingerprint density at radius 3 is 2.41 bits per heavy atom. The predicted octanol–water partition coefficient (Wildman–Crippen LogP) is 4.44. The summed E-state index contributed by atoms with van der Waals surface area (Å²) >= 11 is 5.72. The van der Waals surface area contributed by atoms with E-state index >= 15 is 0 Å². The van der Waals surface area contributed by atoms with E-state index in [1.54, 1.807) is 0 Å². The fraction of sp³-hybridized carbons (Fsp3) is 0.609. The number of anilines is 1. The van der Waals surface area contributed by atoms with Crippen LogP contribution in [-0.2, 0) is 15.8 Å². The van der Waals surface area contributed by atoms with Crippen LogP contribution < -0.4 is 10.6 Å². The van der Waals surface area contributed by atoms with E-state index in [9.17, 15) is 27.2 Å². The van der Waals surface area contributed by atoms with Gasteiger partial charge in [-0.3, -0.25) is 9.59 Å². The lowest BCUT2D eigenvalue weighted by molar-refractivity contribution is -0.137. The molecule has 1 aromatic carbocycles. The molecule has 2 amide bonds. The van der Waals surface area contributed by atoms with Gasteiger partial charge in [0.15, 0.2) is 0 Å². The predicted molar refractivity (Wildman–Crippen MR) is 117 cm³/mol. The SMILES string of the molecule is N#C[C@@H]1C[C@H](F)CN1C(=O)CNC12CCC(C(=O)Nc3ccc(Cl)cc3C(F)(F)F)(CC1)CC2. The number of fused-ring (bicyclic) bond motifs is 3. The van der Waals surface area contributed by atoms with Crippen LogP contribution in [0, 0.1) is 16.7 Å². The molecule has 4 fully saturated rings. The fourth-order valence-electron chi connectivity index (χ4n) is 5.45. The third-order valence-electron chi connectivity index (χ3n) is 7.60. The summed E-state index contributed by atoms with van der Waals surface area (Å²) in [4.78, 5) is 26.9. The number of carbonyl (C=O) groups is 2. The van der Waals surface area contributed by atoms with Crippen molar-refractivity contribution in [1.29, 1.82) is 5.26 Å². The van der Waals surface area contributed by atoms with Crippen molar-refractivity contribution in [1.82, 2.24) is 10.2 Å². The van der Waals surface area contributed by atoms with Crippen molar-refractivity contribution in [3.8, 4) is 6.07 Å². The topological polar surface area (TPSA) is 85.2 Å². The zero-order valence-corrected chi connectivity index (χ0v) is 19.1. The van der Waals surface area contributed by atoms with E-state index in [2.05, 4.69) is 10.6 Å². The number of nitriles is 1. The highest BCUT2D eigenvalue weighted by atomic mass is 35.5. The minimum Gasteiger partial charge on any atom is -0.325 e. The number of alkyl halides is 4. The van der Waals surface area contributed by atoms with Gasteiger partial charge < -0.3 is 15.5 Å². The minimum atomic E-state index is -4.65. The Labute approximate surface area is 199 Å². The Bertz CT molecular complexity index is 1000. The van der Waals surface area contributed by atoms with Crippen LogP contribution in [0.25, 0.3) is 0 Å². The van der Waals surface area contributed by atoms with Crippen LogP contribution in [0.1, 0.15) is 50.5 Å². The Balaban J connectivity index is 1.37. The molecule has 3 saturated carbocycles. The number of hydrogen-bond acceptors (Lipinski definition) is 4. The molecule has 2 N–H and O–H groups in total. The smallest absolute Gasteiger partial charge is 0.325 e. The molecule has 1 aliphatic heterocycles. The molecule has 6 nitrogen and oxygen atoms in total. The number of benzene rings is 1. The number of nitrogens with one attached hydrogen (secondary N) is 2. The van der Waals surface area contributed by atoms with Gasteiger partial charge in [0.25, 0.3) is 0 Å². The first-order valence-electron chi connectivity index (χ1n) is 11.2. The molecule has 11 heteroatoms. The largest absolute Gasteiger partial charge is 0.418 e. The van der Waals surface area contributed by atoms with Crippen molar-refractivity contribution in [3.63, 3.8) is 0 Å². The Kier molecular flexibility index (Phi) is 6.55. The molecule has 34 heavy (non-hydrogen) atoms. The molecule has 1 heterocycles. The molecule has 5 rings (SSSR count). The maximum Gasteiger partial charge on any atom is 0.418 e. The van der Waals surface area contributed by atoms with Gasteiger partial charge in [-0.05, 0) is 56.7 Å². The molecular formula is C23H25ClF4N4O2. The zero-order chi connectivity index (χ0) is 24.7. The van der Waals surface area contributed by atoms with Crippen molar-refractivity contribution in [2.75, 3.05) is 18.4 Å². The van der Waals surface area contributed by atoms with Gasteiger partial charge in [0.2, 0.25) is 11.8 Å². The van der Waals surface area contributed by atoms with Crippen molar-refractivity contribution >= 4 is 29.1 Å². The van der Waals surface area contributed by atoms with Crippen molar-refractivity contribution in [2.45, 2.75) is 68.9 Å². The summed E-state index contributed by atoms with van der Waals surface area (Å²) in [7, 11) is 0. The molecule has 2 bridgehead atoms. The van der Waals surface area contributed by atoms with Crippen LogP contribution in [-0.4, -0.2) is 47.6 Å².